The number of aromatic hydroxyl groups is 1. The lowest BCUT2D eigenvalue weighted by atomic mass is 10.1. The number of rotatable bonds is 5. The summed E-state index contributed by atoms with van der Waals surface area (Å²) in [4.78, 5) is 0. The molecule has 0 saturated heterocycles. The molecule has 0 aromatic heterocycles. The molecule has 0 amide bonds. The Morgan fingerprint density at radius 3 is 2.65 bits per heavy atom. The van der Waals surface area contributed by atoms with Crippen LogP contribution < -0.4 is 5.32 Å². The van der Waals surface area contributed by atoms with Gasteiger partial charge in [-0.05, 0) is 49.7 Å². The van der Waals surface area contributed by atoms with Crippen molar-refractivity contribution in [1.82, 2.24) is 5.32 Å². The Labute approximate surface area is 117 Å². The number of halogens is 2. The van der Waals surface area contributed by atoms with Crippen molar-refractivity contribution in [2.75, 3.05) is 6.54 Å². The van der Waals surface area contributed by atoms with Crippen LogP contribution >= 0.6 is 0 Å². The van der Waals surface area contributed by atoms with Gasteiger partial charge in [0.2, 0.25) is 0 Å². The van der Waals surface area contributed by atoms with Crippen LogP contribution in [-0.2, 0) is 6.42 Å². The van der Waals surface area contributed by atoms with Crippen molar-refractivity contribution in [3.63, 3.8) is 0 Å². The lowest BCUT2D eigenvalue weighted by Gasteiger charge is -2.15. The highest BCUT2D eigenvalue weighted by atomic mass is 19.1. The summed E-state index contributed by atoms with van der Waals surface area (Å²) < 4.78 is 26.6. The van der Waals surface area contributed by atoms with Crippen molar-refractivity contribution >= 4 is 0 Å². The highest BCUT2D eigenvalue weighted by Crippen LogP contribution is 2.24. The zero-order valence-electron chi connectivity index (χ0n) is 11.2. The van der Waals surface area contributed by atoms with Crippen LogP contribution in [0.1, 0.15) is 24.1 Å². The van der Waals surface area contributed by atoms with Gasteiger partial charge in [-0.25, -0.2) is 8.78 Å². The molecule has 1 atom stereocenters. The zero-order chi connectivity index (χ0) is 14.5. The Balaban J connectivity index is 1.94. The molecule has 0 fully saturated rings. The summed E-state index contributed by atoms with van der Waals surface area (Å²) in [7, 11) is 0. The minimum Gasteiger partial charge on any atom is -0.508 e. The van der Waals surface area contributed by atoms with Crippen molar-refractivity contribution in [1.29, 1.82) is 0 Å². The van der Waals surface area contributed by atoms with E-state index in [0.717, 1.165) is 0 Å². The van der Waals surface area contributed by atoms with E-state index in [2.05, 4.69) is 5.32 Å². The molecule has 106 valence electrons. The maximum absolute atomic E-state index is 13.4. The molecule has 2 aromatic rings. The average Bonchev–Trinajstić information content (AvgIpc) is 2.43. The van der Waals surface area contributed by atoms with Crippen LogP contribution in [0.5, 0.6) is 5.75 Å². The fraction of sp³-hybridized carbons (Fsp3) is 0.250. The molecule has 20 heavy (non-hydrogen) atoms. The molecule has 2 aromatic carbocycles. The summed E-state index contributed by atoms with van der Waals surface area (Å²) in [5, 5.41) is 12.8. The fourth-order valence-electron chi connectivity index (χ4n) is 2.11. The minimum absolute atomic E-state index is 0.0530. The van der Waals surface area contributed by atoms with Crippen molar-refractivity contribution in [2.24, 2.45) is 0 Å². The first-order chi connectivity index (χ1) is 9.58. The molecule has 2 N–H and O–H groups in total. The van der Waals surface area contributed by atoms with E-state index in [0.29, 0.717) is 24.1 Å². The lowest BCUT2D eigenvalue weighted by Crippen LogP contribution is -2.21. The zero-order valence-corrected chi connectivity index (χ0v) is 11.2. The second-order valence-electron chi connectivity index (χ2n) is 4.72. The van der Waals surface area contributed by atoms with Crippen molar-refractivity contribution in [3.8, 4) is 5.75 Å². The lowest BCUT2D eigenvalue weighted by molar-refractivity contribution is 0.449. The van der Waals surface area contributed by atoms with Crippen LogP contribution in [0.4, 0.5) is 8.78 Å². The van der Waals surface area contributed by atoms with Gasteiger partial charge >= 0.3 is 0 Å². The molecule has 4 heteroatoms. The quantitative estimate of drug-likeness (QED) is 0.875. The molecular formula is C16H17F2NO. The first-order valence-electron chi connectivity index (χ1n) is 6.53. The molecular weight excluding hydrogens is 260 g/mol. The summed E-state index contributed by atoms with van der Waals surface area (Å²) in [6, 6.07) is 10.2. The highest BCUT2D eigenvalue weighted by Gasteiger charge is 2.11. The predicted octanol–water partition coefficient (Wildman–Crippen LogP) is 3.56. The van der Waals surface area contributed by atoms with E-state index in [-0.39, 0.29) is 23.4 Å². The number of nitrogens with one attached hydrogen (secondary N) is 1. The Hall–Kier alpha value is -1.94. The number of hydrogen-bond acceptors (Lipinski definition) is 2. The summed E-state index contributed by atoms with van der Waals surface area (Å²) in [5.41, 5.74) is 1.13. The van der Waals surface area contributed by atoms with Gasteiger partial charge in [-0.3, -0.25) is 0 Å². The molecule has 0 heterocycles. The Bertz CT molecular complexity index is 586. The first-order valence-corrected chi connectivity index (χ1v) is 6.53. The summed E-state index contributed by atoms with van der Waals surface area (Å²) in [5.74, 6) is -0.562. The maximum atomic E-state index is 13.4. The first kappa shape index (κ1) is 14.5. The number of phenolic OH excluding ortho intramolecular Hbond substituents is 1. The number of phenols is 1. The molecule has 0 aliphatic heterocycles. The topological polar surface area (TPSA) is 32.3 Å². The normalized spacial score (nSPS) is 12.3. The van der Waals surface area contributed by atoms with E-state index >= 15 is 0 Å². The standard InChI is InChI=1S/C16H17F2NO/c1-11(14-10-13(17)6-7-16(14)20)19-9-8-12-4-2-3-5-15(12)18/h2-7,10-11,19-20H,8-9H2,1H3. The summed E-state index contributed by atoms with van der Waals surface area (Å²) >= 11 is 0. The van der Waals surface area contributed by atoms with Gasteiger partial charge in [0.05, 0.1) is 0 Å². The summed E-state index contributed by atoms with van der Waals surface area (Å²) in [6.45, 7) is 2.37. The SMILES string of the molecule is CC(NCCc1ccccc1F)c1cc(F)ccc1O. The highest BCUT2D eigenvalue weighted by molar-refractivity contribution is 5.34. The van der Waals surface area contributed by atoms with E-state index in [1.165, 1.54) is 24.3 Å². The van der Waals surface area contributed by atoms with Crippen LogP contribution in [0.2, 0.25) is 0 Å². The maximum Gasteiger partial charge on any atom is 0.126 e. The van der Waals surface area contributed by atoms with E-state index in [9.17, 15) is 13.9 Å². The molecule has 0 aliphatic rings. The van der Waals surface area contributed by atoms with Gasteiger partial charge in [0.1, 0.15) is 17.4 Å². The van der Waals surface area contributed by atoms with Crippen LogP contribution in [0, 0.1) is 11.6 Å². The Kier molecular flexibility index (Phi) is 4.69. The van der Waals surface area contributed by atoms with Crippen LogP contribution in [0.25, 0.3) is 0 Å². The Morgan fingerprint density at radius 2 is 1.90 bits per heavy atom. The third-order valence-electron chi connectivity index (χ3n) is 3.26. The van der Waals surface area contributed by atoms with E-state index < -0.39 is 0 Å². The van der Waals surface area contributed by atoms with Crippen molar-refractivity contribution in [3.05, 3.63) is 65.2 Å². The molecule has 0 bridgehead atoms. The third-order valence-corrected chi connectivity index (χ3v) is 3.26. The van der Waals surface area contributed by atoms with E-state index in [1.807, 2.05) is 6.92 Å². The largest absolute Gasteiger partial charge is 0.508 e. The smallest absolute Gasteiger partial charge is 0.126 e. The molecule has 0 saturated carbocycles. The third kappa shape index (κ3) is 3.54. The van der Waals surface area contributed by atoms with E-state index in [1.54, 1.807) is 18.2 Å². The van der Waals surface area contributed by atoms with Crippen molar-refractivity contribution < 1.29 is 13.9 Å². The van der Waals surface area contributed by atoms with Crippen LogP contribution in [-0.4, -0.2) is 11.7 Å². The molecule has 0 aliphatic carbocycles. The van der Waals surface area contributed by atoms with E-state index in [4.69, 9.17) is 0 Å². The summed E-state index contributed by atoms with van der Waals surface area (Å²) in [6.07, 6.45) is 0.535. The second-order valence-corrected chi connectivity index (χ2v) is 4.72. The second kappa shape index (κ2) is 6.48. The van der Waals surface area contributed by atoms with Crippen LogP contribution in [0.3, 0.4) is 0 Å². The number of benzene rings is 2. The van der Waals surface area contributed by atoms with Gasteiger partial charge in [0.15, 0.2) is 0 Å². The molecule has 2 nitrogen and oxygen atoms in total. The predicted molar refractivity (Wildman–Crippen MR) is 74.6 cm³/mol. The Morgan fingerprint density at radius 1 is 1.15 bits per heavy atom. The van der Waals surface area contributed by atoms with Gasteiger partial charge in [-0.2, -0.15) is 0 Å². The van der Waals surface area contributed by atoms with Gasteiger partial charge < -0.3 is 10.4 Å². The molecule has 1 unspecified atom stereocenters. The van der Waals surface area contributed by atoms with Gasteiger partial charge in [0, 0.05) is 11.6 Å². The molecule has 0 spiro atoms. The fourth-order valence-corrected chi connectivity index (χ4v) is 2.11. The molecule has 0 radical (unpaired) electrons. The number of hydrogen-bond donors (Lipinski definition) is 2. The average molecular weight is 277 g/mol. The van der Waals surface area contributed by atoms with Crippen LogP contribution in [0.15, 0.2) is 42.5 Å². The monoisotopic (exact) mass is 277 g/mol. The van der Waals surface area contributed by atoms with Gasteiger partial charge in [0.25, 0.3) is 0 Å². The minimum atomic E-state index is -0.388. The van der Waals surface area contributed by atoms with Crippen molar-refractivity contribution in [2.45, 2.75) is 19.4 Å². The van der Waals surface area contributed by atoms with Gasteiger partial charge in [-0.1, -0.05) is 18.2 Å². The molecule has 2 rings (SSSR count). The van der Waals surface area contributed by atoms with Gasteiger partial charge in [-0.15, -0.1) is 0 Å².